The molecule has 2 aromatic rings. The van der Waals surface area contributed by atoms with E-state index >= 15 is 0 Å². The maximum Gasteiger partial charge on any atom is 0.347 e. The van der Waals surface area contributed by atoms with Crippen molar-refractivity contribution in [2.45, 2.75) is 0 Å². The zero-order valence-electron chi connectivity index (χ0n) is 8.45. The average molecular weight is 249 g/mol. The normalized spacial score (nSPS) is 9.88. The van der Waals surface area contributed by atoms with Crippen LogP contribution >= 0.6 is 11.3 Å². The van der Waals surface area contributed by atoms with Crippen LogP contribution in [-0.4, -0.2) is 27.0 Å². The molecule has 7 heteroatoms. The lowest BCUT2D eigenvalue weighted by Crippen LogP contribution is -2.11. The first kappa shape index (κ1) is 11.2. The Balaban J connectivity index is 2.11. The Morgan fingerprint density at radius 2 is 2.00 bits per heavy atom. The summed E-state index contributed by atoms with van der Waals surface area (Å²) in [4.78, 5) is 30.0. The molecule has 2 N–H and O–H groups in total. The lowest BCUT2D eigenvalue weighted by atomic mass is 10.2. The maximum atomic E-state index is 11.7. The summed E-state index contributed by atoms with van der Waals surface area (Å²) in [6, 6.07) is 3.11. The smallest absolute Gasteiger partial charge is 0.347 e. The van der Waals surface area contributed by atoms with Crippen molar-refractivity contribution >= 4 is 28.3 Å². The summed E-state index contributed by atoms with van der Waals surface area (Å²) in [5.74, 6) is -1.41. The predicted octanol–water partition coefficient (Wildman–Crippen LogP) is 1.49. The van der Waals surface area contributed by atoms with Crippen LogP contribution in [0, 0.1) is 0 Å². The van der Waals surface area contributed by atoms with E-state index in [0.717, 1.165) is 11.3 Å². The van der Waals surface area contributed by atoms with Crippen LogP contribution in [0.15, 0.2) is 30.7 Å². The number of carboxylic acids is 1. The van der Waals surface area contributed by atoms with Crippen LogP contribution in [0.5, 0.6) is 0 Å². The van der Waals surface area contributed by atoms with Gasteiger partial charge >= 0.3 is 5.97 Å². The van der Waals surface area contributed by atoms with Gasteiger partial charge in [-0.25, -0.2) is 9.78 Å². The molecule has 2 aromatic heterocycles. The largest absolute Gasteiger partial charge is 0.477 e. The number of aromatic nitrogens is 2. The van der Waals surface area contributed by atoms with Crippen molar-refractivity contribution in [3.8, 4) is 0 Å². The van der Waals surface area contributed by atoms with Crippen LogP contribution in [0.4, 0.5) is 5.13 Å². The van der Waals surface area contributed by atoms with Gasteiger partial charge in [-0.2, -0.15) is 0 Å². The predicted molar refractivity (Wildman–Crippen MR) is 61.3 cm³/mol. The number of anilines is 1. The molecular formula is C10H7N3O3S. The third-order valence-electron chi connectivity index (χ3n) is 1.88. The number of thiazole rings is 1. The molecule has 0 atom stereocenters. The number of carbonyl (C=O) groups is 2. The Labute approximate surface area is 100.0 Å². The molecule has 0 aromatic carbocycles. The fourth-order valence-electron chi connectivity index (χ4n) is 1.10. The van der Waals surface area contributed by atoms with Gasteiger partial charge in [0.25, 0.3) is 5.91 Å². The number of nitrogens with one attached hydrogen (secondary N) is 1. The van der Waals surface area contributed by atoms with E-state index in [1.807, 2.05) is 0 Å². The Bertz CT molecular complexity index is 553. The van der Waals surface area contributed by atoms with Crippen molar-refractivity contribution < 1.29 is 14.7 Å². The van der Waals surface area contributed by atoms with Crippen molar-refractivity contribution in [1.82, 2.24) is 9.97 Å². The van der Waals surface area contributed by atoms with Gasteiger partial charge in [-0.3, -0.25) is 15.1 Å². The number of hydrogen-bond acceptors (Lipinski definition) is 5. The summed E-state index contributed by atoms with van der Waals surface area (Å²) in [7, 11) is 0. The highest BCUT2D eigenvalue weighted by Crippen LogP contribution is 2.18. The molecule has 0 aliphatic heterocycles. The fraction of sp³-hybridized carbons (Fsp3) is 0. The SMILES string of the molecule is O=C(Nc1ncc(C(=O)O)s1)c1ccncc1. The highest BCUT2D eigenvalue weighted by Gasteiger charge is 2.11. The lowest BCUT2D eigenvalue weighted by Gasteiger charge is -1.99. The lowest BCUT2D eigenvalue weighted by molar-refractivity contribution is 0.0701. The molecule has 0 saturated carbocycles. The Morgan fingerprint density at radius 3 is 2.59 bits per heavy atom. The van der Waals surface area contributed by atoms with Gasteiger partial charge in [0.2, 0.25) is 0 Å². The zero-order chi connectivity index (χ0) is 12.3. The van der Waals surface area contributed by atoms with E-state index < -0.39 is 5.97 Å². The fourth-order valence-corrected chi connectivity index (χ4v) is 1.75. The molecule has 17 heavy (non-hydrogen) atoms. The summed E-state index contributed by atoms with van der Waals surface area (Å²) >= 11 is 0.906. The summed E-state index contributed by atoms with van der Waals surface area (Å²) in [5, 5.41) is 11.5. The first-order valence-corrected chi connectivity index (χ1v) is 5.39. The van der Waals surface area contributed by atoms with Crippen molar-refractivity contribution in [2.24, 2.45) is 0 Å². The number of rotatable bonds is 3. The van der Waals surface area contributed by atoms with Crippen molar-refractivity contribution in [2.75, 3.05) is 5.32 Å². The molecule has 0 aliphatic carbocycles. The number of carbonyl (C=O) groups excluding carboxylic acids is 1. The highest BCUT2D eigenvalue weighted by atomic mass is 32.1. The topological polar surface area (TPSA) is 92.2 Å². The van der Waals surface area contributed by atoms with Crippen LogP contribution in [0.2, 0.25) is 0 Å². The molecule has 0 radical (unpaired) electrons. The number of carboxylic acid groups (broad SMARTS) is 1. The zero-order valence-corrected chi connectivity index (χ0v) is 9.27. The summed E-state index contributed by atoms with van der Waals surface area (Å²) in [5.41, 5.74) is 0.437. The molecule has 2 rings (SSSR count). The molecule has 1 amide bonds. The third-order valence-corrected chi connectivity index (χ3v) is 2.78. The van der Waals surface area contributed by atoms with E-state index in [0.29, 0.717) is 5.56 Å². The average Bonchev–Trinajstić information content (AvgIpc) is 2.79. The molecule has 2 heterocycles. The second-order valence-corrected chi connectivity index (χ2v) is 4.06. The molecule has 0 unspecified atom stereocenters. The van der Waals surface area contributed by atoms with Crippen LogP contribution in [0.3, 0.4) is 0 Å². The first-order chi connectivity index (χ1) is 8.16. The van der Waals surface area contributed by atoms with Crippen molar-refractivity contribution in [3.63, 3.8) is 0 Å². The summed E-state index contributed by atoms with van der Waals surface area (Å²) in [6.07, 6.45) is 4.20. The Kier molecular flexibility index (Phi) is 3.10. The van der Waals surface area contributed by atoms with E-state index in [4.69, 9.17) is 5.11 Å². The number of amides is 1. The molecule has 0 bridgehead atoms. The molecule has 6 nitrogen and oxygen atoms in total. The minimum Gasteiger partial charge on any atom is -0.477 e. The van der Waals surface area contributed by atoms with Crippen LogP contribution in [0.25, 0.3) is 0 Å². The standard InChI is InChI=1S/C10H7N3O3S/c14-8(6-1-3-11-4-2-6)13-10-12-5-7(17-10)9(15)16/h1-5H,(H,15,16)(H,12,13,14). The highest BCUT2D eigenvalue weighted by molar-refractivity contribution is 7.17. The molecule has 0 aliphatic rings. The van der Waals surface area contributed by atoms with Gasteiger partial charge in [-0.05, 0) is 12.1 Å². The number of hydrogen-bond donors (Lipinski definition) is 2. The second kappa shape index (κ2) is 4.71. The van der Waals surface area contributed by atoms with Gasteiger partial charge in [0.1, 0.15) is 4.88 Å². The quantitative estimate of drug-likeness (QED) is 0.859. The molecule has 0 fully saturated rings. The van der Waals surface area contributed by atoms with Crippen LogP contribution < -0.4 is 5.32 Å². The maximum absolute atomic E-state index is 11.7. The number of aromatic carboxylic acids is 1. The molecular weight excluding hydrogens is 242 g/mol. The van der Waals surface area contributed by atoms with E-state index in [9.17, 15) is 9.59 Å². The Morgan fingerprint density at radius 1 is 1.29 bits per heavy atom. The summed E-state index contributed by atoms with van der Waals surface area (Å²) in [6.45, 7) is 0. The van der Waals surface area contributed by atoms with Gasteiger partial charge in [0, 0.05) is 18.0 Å². The van der Waals surface area contributed by atoms with Gasteiger partial charge in [-0.15, -0.1) is 0 Å². The van der Waals surface area contributed by atoms with Gasteiger partial charge in [0.15, 0.2) is 5.13 Å². The molecule has 0 saturated heterocycles. The van der Waals surface area contributed by atoms with Crippen molar-refractivity contribution in [1.29, 1.82) is 0 Å². The van der Waals surface area contributed by atoms with E-state index in [-0.39, 0.29) is 15.9 Å². The van der Waals surface area contributed by atoms with Gasteiger partial charge in [0.05, 0.1) is 6.20 Å². The second-order valence-electron chi connectivity index (χ2n) is 3.02. The minimum atomic E-state index is -1.06. The summed E-state index contributed by atoms with van der Waals surface area (Å²) < 4.78 is 0. The number of pyridine rings is 1. The van der Waals surface area contributed by atoms with E-state index in [1.165, 1.54) is 18.6 Å². The van der Waals surface area contributed by atoms with Gasteiger partial charge in [-0.1, -0.05) is 11.3 Å². The molecule has 86 valence electrons. The number of nitrogens with zero attached hydrogens (tertiary/aromatic N) is 2. The van der Waals surface area contributed by atoms with Crippen LogP contribution in [0.1, 0.15) is 20.0 Å². The van der Waals surface area contributed by atoms with Gasteiger partial charge < -0.3 is 5.11 Å². The third kappa shape index (κ3) is 2.64. The van der Waals surface area contributed by atoms with E-state index in [2.05, 4.69) is 15.3 Å². The van der Waals surface area contributed by atoms with Crippen LogP contribution in [-0.2, 0) is 0 Å². The Hall–Kier alpha value is -2.28. The molecule has 0 spiro atoms. The monoisotopic (exact) mass is 249 g/mol. The minimum absolute atomic E-state index is 0.0787. The van der Waals surface area contributed by atoms with E-state index in [1.54, 1.807) is 12.1 Å². The first-order valence-electron chi connectivity index (χ1n) is 4.57. The van der Waals surface area contributed by atoms with Crippen molar-refractivity contribution in [3.05, 3.63) is 41.2 Å².